The van der Waals surface area contributed by atoms with Crippen LogP contribution in [0.15, 0.2) is 4.79 Å². The van der Waals surface area contributed by atoms with Crippen LogP contribution in [0, 0.1) is 5.92 Å². The molecular weight excluding hydrogens is 218 g/mol. The second kappa shape index (κ2) is 4.14. The van der Waals surface area contributed by atoms with Gasteiger partial charge in [-0.2, -0.15) is 0 Å². The van der Waals surface area contributed by atoms with Gasteiger partial charge in [-0.15, -0.1) is 0 Å². The van der Waals surface area contributed by atoms with Crippen molar-refractivity contribution in [2.45, 2.75) is 31.8 Å². The number of fused-ring (bicyclic) bond motifs is 1. The van der Waals surface area contributed by atoms with Gasteiger partial charge in [-0.05, 0) is 31.6 Å². The van der Waals surface area contributed by atoms with Crippen LogP contribution in [-0.2, 0) is 11.2 Å². The molecule has 0 spiro atoms. The van der Waals surface area contributed by atoms with Gasteiger partial charge in [-0.25, -0.2) is 4.98 Å². The van der Waals surface area contributed by atoms with Gasteiger partial charge in [-0.3, -0.25) is 4.79 Å². The lowest BCUT2D eigenvalue weighted by Crippen LogP contribution is -2.26. The van der Waals surface area contributed by atoms with E-state index in [1.54, 1.807) is 7.11 Å². The standard InChI is InChI=1S/C12H17N3O2/c1-17-9(7-4-5-7)11-14-10-8(12(16)15-11)3-2-6-13-10/h7,9H,2-6H2,1H3,(H2,13,14,15,16). The molecule has 1 atom stereocenters. The summed E-state index contributed by atoms with van der Waals surface area (Å²) < 4.78 is 5.45. The van der Waals surface area contributed by atoms with Gasteiger partial charge in [0.15, 0.2) is 0 Å². The number of ether oxygens (including phenoxy) is 1. The van der Waals surface area contributed by atoms with Gasteiger partial charge in [0.05, 0.1) is 5.56 Å². The highest BCUT2D eigenvalue weighted by molar-refractivity contribution is 5.45. The number of nitrogens with one attached hydrogen (secondary N) is 2. The van der Waals surface area contributed by atoms with Gasteiger partial charge in [-0.1, -0.05) is 0 Å². The molecule has 92 valence electrons. The van der Waals surface area contributed by atoms with Crippen molar-refractivity contribution in [3.63, 3.8) is 0 Å². The summed E-state index contributed by atoms with van der Waals surface area (Å²) in [5, 5.41) is 3.20. The van der Waals surface area contributed by atoms with E-state index in [2.05, 4.69) is 15.3 Å². The molecule has 2 aliphatic rings. The number of aromatic amines is 1. The summed E-state index contributed by atoms with van der Waals surface area (Å²) in [6.45, 7) is 0.893. The molecule has 1 aromatic rings. The first-order chi connectivity index (χ1) is 8.29. The Balaban J connectivity index is 2.00. The summed E-state index contributed by atoms with van der Waals surface area (Å²) >= 11 is 0. The molecule has 1 aromatic heterocycles. The smallest absolute Gasteiger partial charge is 0.256 e. The number of nitrogens with zero attached hydrogens (tertiary/aromatic N) is 1. The van der Waals surface area contributed by atoms with E-state index in [4.69, 9.17) is 4.74 Å². The van der Waals surface area contributed by atoms with Crippen molar-refractivity contribution in [1.29, 1.82) is 0 Å². The van der Waals surface area contributed by atoms with Crippen LogP contribution in [0.25, 0.3) is 0 Å². The fourth-order valence-corrected chi connectivity index (χ4v) is 2.43. The van der Waals surface area contributed by atoms with Gasteiger partial charge in [0.2, 0.25) is 0 Å². The Morgan fingerprint density at radius 3 is 3.00 bits per heavy atom. The maximum atomic E-state index is 12.0. The predicted molar refractivity (Wildman–Crippen MR) is 64.1 cm³/mol. The Bertz CT molecular complexity index is 479. The van der Waals surface area contributed by atoms with Crippen LogP contribution in [0.2, 0.25) is 0 Å². The minimum Gasteiger partial charge on any atom is -0.373 e. The topological polar surface area (TPSA) is 67.0 Å². The van der Waals surface area contributed by atoms with Crippen molar-refractivity contribution < 1.29 is 4.74 Å². The number of hydrogen-bond acceptors (Lipinski definition) is 4. The number of hydrogen-bond donors (Lipinski definition) is 2. The summed E-state index contributed by atoms with van der Waals surface area (Å²) in [6, 6.07) is 0. The normalized spacial score (nSPS) is 20.5. The molecule has 3 rings (SSSR count). The molecule has 0 radical (unpaired) electrons. The summed E-state index contributed by atoms with van der Waals surface area (Å²) in [5.74, 6) is 1.94. The Hall–Kier alpha value is -1.36. The number of H-pyrrole nitrogens is 1. The number of methoxy groups -OCH3 is 1. The van der Waals surface area contributed by atoms with E-state index in [9.17, 15) is 4.79 Å². The van der Waals surface area contributed by atoms with Crippen LogP contribution in [0.1, 0.15) is 36.8 Å². The quantitative estimate of drug-likeness (QED) is 0.826. The van der Waals surface area contributed by atoms with Crippen LogP contribution in [0.4, 0.5) is 5.82 Å². The van der Waals surface area contributed by atoms with Crippen molar-refractivity contribution in [3.8, 4) is 0 Å². The Kier molecular flexibility index (Phi) is 2.63. The maximum absolute atomic E-state index is 12.0. The van der Waals surface area contributed by atoms with Crippen LogP contribution in [0.5, 0.6) is 0 Å². The second-order valence-electron chi connectivity index (χ2n) is 4.80. The first-order valence-electron chi connectivity index (χ1n) is 6.19. The lowest BCUT2D eigenvalue weighted by molar-refractivity contribution is 0.0770. The molecule has 0 saturated heterocycles. The predicted octanol–water partition coefficient (Wildman–Crippen LogP) is 1.23. The highest BCUT2D eigenvalue weighted by Crippen LogP contribution is 2.41. The largest absolute Gasteiger partial charge is 0.373 e. The monoisotopic (exact) mass is 235 g/mol. The molecule has 17 heavy (non-hydrogen) atoms. The van der Waals surface area contributed by atoms with Gasteiger partial charge < -0.3 is 15.0 Å². The van der Waals surface area contributed by atoms with E-state index in [-0.39, 0.29) is 11.7 Å². The third-order valence-electron chi connectivity index (χ3n) is 3.50. The second-order valence-corrected chi connectivity index (χ2v) is 4.80. The molecule has 0 amide bonds. The molecular formula is C12H17N3O2. The van der Waals surface area contributed by atoms with E-state index in [1.165, 1.54) is 0 Å². The Morgan fingerprint density at radius 1 is 1.47 bits per heavy atom. The third-order valence-corrected chi connectivity index (χ3v) is 3.50. The first-order valence-corrected chi connectivity index (χ1v) is 6.19. The molecule has 1 aliphatic heterocycles. The average Bonchev–Trinajstić information content (AvgIpc) is 3.15. The summed E-state index contributed by atoms with van der Waals surface area (Å²) in [7, 11) is 1.68. The minimum absolute atomic E-state index is 0.0140. The molecule has 5 heteroatoms. The highest BCUT2D eigenvalue weighted by Gasteiger charge is 2.34. The first kappa shape index (κ1) is 10.8. The van der Waals surface area contributed by atoms with Gasteiger partial charge in [0, 0.05) is 13.7 Å². The van der Waals surface area contributed by atoms with Crippen molar-refractivity contribution in [3.05, 3.63) is 21.7 Å². The molecule has 2 heterocycles. The van der Waals surface area contributed by atoms with E-state index in [0.29, 0.717) is 11.7 Å². The van der Waals surface area contributed by atoms with Crippen molar-refractivity contribution in [2.75, 3.05) is 19.0 Å². The lowest BCUT2D eigenvalue weighted by Gasteiger charge is -2.19. The van der Waals surface area contributed by atoms with E-state index in [1.807, 2.05) is 0 Å². The van der Waals surface area contributed by atoms with E-state index in [0.717, 1.165) is 43.6 Å². The van der Waals surface area contributed by atoms with Crippen LogP contribution < -0.4 is 10.9 Å². The van der Waals surface area contributed by atoms with Gasteiger partial charge in [0.25, 0.3) is 5.56 Å². The van der Waals surface area contributed by atoms with E-state index >= 15 is 0 Å². The van der Waals surface area contributed by atoms with Gasteiger partial charge >= 0.3 is 0 Å². The zero-order valence-corrected chi connectivity index (χ0v) is 9.95. The van der Waals surface area contributed by atoms with Crippen LogP contribution in [0.3, 0.4) is 0 Å². The van der Waals surface area contributed by atoms with Crippen molar-refractivity contribution >= 4 is 5.82 Å². The van der Waals surface area contributed by atoms with Crippen molar-refractivity contribution in [1.82, 2.24) is 9.97 Å². The van der Waals surface area contributed by atoms with Crippen LogP contribution in [-0.4, -0.2) is 23.6 Å². The minimum atomic E-state index is -0.0586. The molecule has 2 N–H and O–H groups in total. The zero-order chi connectivity index (χ0) is 11.8. The molecule has 1 aliphatic carbocycles. The number of rotatable bonds is 3. The molecule has 0 aromatic carbocycles. The number of aromatic nitrogens is 2. The van der Waals surface area contributed by atoms with Crippen molar-refractivity contribution in [2.24, 2.45) is 5.92 Å². The molecule has 1 unspecified atom stereocenters. The van der Waals surface area contributed by atoms with E-state index < -0.39 is 0 Å². The molecule has 1 saturated carbocycles. The fraction of sp³-hybridized carbons (Fsp3) is 0.667. The van der Waals surface area contributed by atoms with Crippen LogP contribution >= 0.6 is 0 Å². The Morgan fingerprint density at radius 2 is 2.29 bits per heavy atom. The van der Waals surface area contributed by atoms with Gasteiger partial charge in [0.1, 0.15) is 17.7 Å². The lowest BCUT2D eigenvalue weighted by atomic mass is 10.1. The average molecular weight is 235 g/mol. The SMILES string of the molecule is COC(c1nc2c(c(=O)[nH]1)CCCN2)C1CC1. The summed E-state index contributed by atoms with van der Waals surface area (Å²) in [4.78, 5) is 19.3. The number of anilines is 1. The Labute approximate surface area is 99.6 Å². The summed E-state index contributed by atoms with van der Waals surface area (Å²) in [6.07, 6.45) is 4.07. The zero-order valence-electron chi connectivity index (χ0n) is 9.95. The highest BCUT2D eigenvalue weighted by atomic mass is 16.5. The maximum Gasteiger partial charge on any atom is 0.256 e. The molecule has 1 fully saturated rings. The third kappa shape index (κ3) is 1.95. The molecule has 5 nitrogen and oxygen atoms in total. The fourth-order valence-electron chi connectivity index (χ4n) is 2.43. The summed E-state index contributed by atoms with van der Waals surface area (Å²) in [5.41, 5.74) is 0.769. The molecule has 0 bridgehead atoms.